The molecule has 58 valence electrons. The largest absolute Gasteiger partial charge is 0.270 e. The maximum atomic E-state index is 8.73. The fourth-order valence-corrected chi connectivity index (χ4v) is 1.51. The van der Waals surface area contributed by atoms with E-state index in [1.54, 1.807) is 6.07 Å². The molecule has 0 aliphatic rings. The van der Waals surface area contributed by atoms with Gasteiger partial charge in [-0.25, -0.2) is 0 Å². The molecule has 0 fully saturated rings. The van der Waals surface area contributed by atoms with E-state index in [-0.39, 0.29) is 0 Å². The standard InChI is InChI=1S/C8H4BrN3/c9-8-6-3-1-2-5(4-10)7(6)11-12-8/h1-3H,(H,11,12). The van der Waals surface area contributed by atoms with Gasteiger partial charge in [0.05, 0.1) is 5.56 Å². The minimum Gasteiger partial charge on any atom is -0.270 e. The third-order valence-electron chi connectivity index (χ3n) is 1.66. The number of halogens is 1. The number of aromatic nitrogens is 2. The maximum absolute atomic E-state index is 8.73. The summed E-state index contributed by atoms with van der Waals surface area (Å²) in [6.45, 7) is 0. The Hall–Kier alpha value is -1.34. The first-order valence-corrected chi connectivity index (χ1v) is 4.15. The molecule has 1 aromatic heterocycles. The third-order valence-corrected chi connectivity index (χ3v) is 2.26. The van der Waals surface area contributed by atoms with Crippen molar-refractivity contribution in [1.82, 2.24) is 10.2 Å². The molecule has 2 rings (SSSR count). The Bertz CT molecular complexity index is 467. The molecule has 0 saturated carbocycles. The number of fused-ring (bicyclic) bond motifs is 1. The first-order valence-electron chi connectivity index (χ1n) is 3.35. The first-order chi connectivity index (χ1) is 5.83. The molecule has 0 aliphatic heterocycles. The van der Waals surface area contributed by atoms with Gasteiger partial charge in [-0.15, -0.1) is 0 Å². The van der Waals surface area contributed by atoms with Crippen molar-refractivity contribution in [1.29, 1.82) is 5.26 Å². The van der Waals surface area contributed by atoms with Crippen LogP contribution in [0.15, 0.2) is 22.8 Å². The van der Waals surface area contributed by atoms with Crippen LogP contribution in [-0.4, -0.2) is 10.2 Å². The fraction of sp³-hybridized carbons (Fsp3) is 0. The maximum Gasteiger partial charge on any atom is 0.111 e. The molecule has 3 nitrogen and oxygen atoms in total. The number of rotatable bonds is 0. The lowest BCUT2D eigenvalue weighted by Crippen LogP contribution is -1.76. The Morgan fingerprint density at radius 2 is 2.33 bits per heavy atom. The van der Waals surface area contributed by atoms with Crippen molar-refractivity contribution in [2.45, 2.75) is 0 Å². The molecule has 2 aromatic rings. The highest BCUT2D eigenvalue weighted by atomic mass is 79.9. The average molecular weight is 222 g/mol. The predicted octanol–water partition coefficient (Wildman–Crippen LogP) is 2.20. The van der Waals surface area contributed by atoms with E-state index in [1.807, 2.05) is 12.1 Å². The molecule has 1 N–H and O–H groups in total. The molecule has 0 saturated heterocycles. The minimum absolute atomic E-state index is 0.592. The van der Waals surface area contributed by atoms with Gasteiger partial charge in [-0.1, -0.05) is 6.07 Å². The predicted molar refractivity (Wildman–Crippen MR) is 48.5 cm³/mol. The van der Waals surface area contributed by atoms with Crippen LogP contribution in [0, 0.1) is 11.3 Å². The van der Waals surface area contributed by atoms with Crippen LogP contribution in [0.1, 0.15) is 5.56 Å². The van der Waals surface area contributed by atoms with Gasteiger partial charge in [-0.2, -0.15) is 10.4 Å². The summed E-state index contributed by atoms with van der Waals surface area (Å²) < 4.78 is 0.814. The zero-order valence-electron chi connectivity index (χ0n) is 6.00. The van der Waals surface area contributed by atoms with Crippen LogP contribution in [0.2, 0.25) is 0 Å². The van der Waals surface area contributed by atoms with Crippen LogP contribution in [0.3, 0.4) is 0 Å². The lowest BCUT2D eigenvalue weighted by molar-refractivity contribution is 1.09. The van der Waals surface area contributed by atoms with Crippen molar-refractivity contribution in [3.8, 4) is 6.07 Å². The van der Waals surface area contributed by atoms with Crippen molar-refractivity contribution in [3.05, 3.63) is 28.4 Å². The molecule has 0 atom stereocenters. The van der Waals surface area contributed by atoms with E-state index >= 15 is 0 Å². The molecule has 0 unspecified atom stereocenters. The summed E-state index contributed by atoms with van der Waals surface area (Å²) in [6, 6.07) is 7.57. The van der Waals surface area contributed by atoms with Crippen molar-refractivity contribution in [3.63, 3.8) is 0 Å². The molecule has 0 amide bonds. The van der Waals surface area contributed by atoms with Crippen LogP contribution in [-0.2, 0) is 0 Å². The zero-order chi connectivity index (χ0) is 8.55. The Labute approximate surface area is 77.1 Å². The molecule has 0 bridgehead atoms. The number of hydrogen-bond donors (Lipinski definition) is 1. The van der Waals surface area contributed by atoms with Crippen LogP contribution in [0.25, 0.3) is 10.9 Å². The van der Waals surface area contributed by atoms with E-state index in [9.17, 15) is 0 Å². The van der Waals surface area contributed by atoms with Gasteiger partial charge in [0.25, 0.3) is 0 Å². The lowest BCUT2D eigenvalue weighted by atomic mass is 10.2. The lowest BCUT2D eigenvalue weighted by Gasteiger charge is -1.88. The molecule has 0 spiro atoms. The quantitative estimate of drug-likeness (QED) is 0.742. The van der Waals surface area contributed by atoms with Gasteiger partial charge in [0.15, 0.2) is 0 Å². The van der Waals surface area contributed by atoms with Gasteiger partial charge >= 0.3 is 0 Å². The van der Waals surface area contributed by atoms with Gasteiger partial charge < -0.3 is 0 Å². The summed E-state index contributed by atoms with van der Waals surface area (Å²) in [5.41, 5.74) is 1.31. The number of nitrogens with zero attached hydrogens (tertiary/aromatic N) is 2. The van der Waals surface area contributed by atoms with E-state index in [0.29, 0.717) is 11.1 Å². The van der Waals surface area contributed by atoms with Crippen LogP contribution in [0.4, 0.5) is 0 Å². The third kappa shape index (κ3) is 0.908. The van der Waals surface area contributed by atoms with Gasteiger partial charge in [0.2, 0.25) is 0 Å². The zero-order valence-corrected chi connectivity index (χ0v) is 7.59. The Balaban J connectivity index is 2.92. The molecule has 12 heavy (non-hydrogen) atoms. The monoisotopic (exact) mass is 221 g/mol. The minimum atomic E-state index is 0.592. The molecule has 1 heterocycles. The van der Waals surface area contributed by atoms with Crippen molar-refractivity contribution < 1.29 is 0 Å². The van der Waals surface area contributed by atoms with Gasteiger partial charge in [0.1, 0.15) is 16.2 Å². The smallest absolute Gasteiger partial charge is 0.111 e. The summed E-state index contributed by atoms with van der Waals surface area (Å²) in [4.78, 5) is 0. The summed E-state index contributed by atoms with van der Waals surface area (Å²) in [6.07, 6.45) is 0. The van der Waals surface area contributed by atoms with Crippen LogP contribution < -0.4 is 0 Å². The van der Waals surface area contributed by atoms with Crippen LogP contribution in [0.5, 0.6) is 0 Å². The van der Waals surface area contributed by atoms with E-state index in [1.165, 1.54) is 0 Å². The van der Waals surface area contributed by atoms with E-state index < -0.39 is 0 Å². The van der Waals surface area contributed by atoms with Crippen LogP contribution >= 0.6 is 15.9 Å². The van der Waals surface area contributed by atoms with Gasteiger partial charge in [-0.05, 0) is 28.1 Å². The second-order valence-electron chi connectivity index (χ2n) is 2.35. The fourth-order valence-electron chi connectivity index (χ4n) is 1.10. The molecular weight excluding hydrogens is 218 g/mol. The number of benzene rings is 1. The molecule has 4 heteroatoms. The van der Waals surface area contributed by atoms with E-state index in [0.717, 1.165) is 9.99 Å². The number of nitriles is 1. The molecular formula is C8H4BrN3. The number of aromatic amines is 1. The van der Waals surface area contributed by atoms with Crippen molar-refractivity contribution >= 4 is 26.8 Å². The molecule has 0 radical (unpaired) electrons. The number of hydrogen-bond acceptors (Lipinski definition) is 2. The van der Waals surface area contributed by atoms with Crippen molar-refractivity contribution in [2.24, 2.45) is 0 Å². The van der Waals surface area contributed by atoms with E-state index in [2.05, 4.69) is 32.2 Å². The van der Waals surface area contributed by atoms with Gasteiger partial charge in [0, 0.05) is 5.39 Å². The Morgan fingerprint density at radius 1 is 1.50 bits per heavy atom. The number of para-hydroxylation sites is 1. The highest BCUT2D eigenvalue weighted by Gasteiger charge is 2.05. The molecule has 0 aliphatic carbocycles. The second kappa shape index (κ2) is 2.61. The van der Waals surface area contributed by atoms with E-state index in [4.69, 9.17) is 5.26 Å². The van der Waals surface area contributed by atoms with Gasteiger partial charge in [-0.3, -0.25) is 5.10 Å². The second-order valence-corrected chi connectivity index (χ2v) is 3.14. The normalized spacial score (nSPS) is 10.0. The highest BCUT2D eigenvalue weighted by molar-refractivity contribution is 9.10. The summed E-state index contributed by atoms with van der Waals surface area (Å²) in [7, 11) is 0. The summed E-state index contributed by atoms with van der Waals surface area (Å²) in [5.74, 6) is 0. The molecule has 1 aromatic carbocycles. The summed E-state index contributed by atoms with van der Waals surface area (Å²) in [5, 5.41) is 16.4. The number of H-pyrrole nitrogens is 1. The number of nitrogens with one attached hydrogen (secondary N) is 1. The Morgan fingerprint density at radius 3 is 3.08 bits per heavy atom. The topological polar surface area (TPSA) is 52.5 Å². The summed E-state index contributed by atoms with van der Waals surface area (Å²) >= 11 is 3.30. The SMILES string of the molecule is N#Cc1cccc2c(Br)[nH]nc12. The highest BCUT2D eigenvalue weighted by Crippen LogP contribution is 2.22. The Kier molecular flexibility index (Phi) is 1.59. The first kappa shape index (κ1) is 7.32. The van der Waals surface area contributed by atoms with Crippen molar-refractivity contribution in [2.75, 3.05) is 0 Å². The average Bonchev–Trinajstić information content (AvgIpc) is 2.48.